The molecule has 2 aromatic rings. The van der Waals surface area contributed by atoms with Gasteiger partial charge in [-0.25, -0.2) is 0 Å². The van der Waals surface area contributed by atoms with Crippen LogP contribution in [0.25, 0.3) is 6.08 Å². The van der Waals surface area contributed by atoms with Gasteiger partial charge in [0.1, 0.15) is 0 Å². The average Bonchev–Trinajstić information content (AvgIpc) is 2.79. The zero-order valence-corrected chi connectivity index (χ0v) is 18.9. The van der Waals surface area contributed by atoms with Gasteiger partial charge in [0.15, 0.2) is 11.5 Å². The van der Waals surface area contributed by atoms with Crippen LogP contribution in [-0.4, -0.2) is 51.1 Å². The quantitative estimate of drug-likeness (QED) is 0.565. The van der Waals surface area contributed by atoms with Gasteiger partial charge in [-0.15, -0.1) is 0 Å². The molecule has 0 bridgehead atoms. The van der Waals surface area contributed by atoms with E-state index in [9.17, 15) is 9.59 Å². The van der Waals surface area contributed by atoms with Gasteiger partial charge in [0.2, 0.25) is 17.6 Å². The summed E-state index contributed by atoms with van der Waals surface area (Å²) >= 11 is 5.86. The smallest absolute Gasteiger partial charge is 0.247 e. The number of likely N-dealkylation sites (N-methyl/N-ethyl adjacent to an activating group) is 1. The Hall–Kier alpha value is -3.19. The third-order valence-corrected chi connectivity index (χ3v) is 4.79. The molecular weight excluding hydrogens is 420 g/mol. The summed E-state index contributed by atoms with van der Waals surface area (Å²) in [6.45, 7) is 2.54. The highest BCUT2D eigenvalue weighted by molar-refractivity contribution is 6.30. The molecule has 0 saturated carbocycles. The Morgan fingerprint density at radius 3 is 2.16 bits per heavy atom. The van der Waals surface area contributed by atoms with Gasteiger partial charge in [-0.05, 0) is 48.4 Å². The number of carbonyl (C=O) groups is 2. The van der Waals surface area contributed by atoms with Crippen molar-refractivity contribution in [2.75, 3.05) is 34.4 Å². The first-order valence-corrected chi connectivity index (χ1v) is 10.1. The van der Waals surface area contributed by atoms with Crippen LogP contribution in [0.2, 0.25) is 5.02 Å². The van der Waals surface area contributed by atoms with Gasteiger partial charge in [0.25, 0.3) is 0 Å². The number of ether oxygens (including phenoxy) is 3. The molecule has 0 unspecified atom stereocenters. The molecule has 0 atom stereocenters. The number of hydrogen-bond donors (Lipinski definition) is 1. The average molecular weight is 447 g/mol. The van der Waals surface area contributed by atoms with Crippen molar-refractivity contribution in [1.82, 2.24) is 10.2 Å². The maximum Gasteiger partial charge on any atom is 0.247 e. The lowest BCUT2D eigenvalue weighted by Gasteiger charge is -2.18. The predicted octanol–water partition coefficient (Wildman–Crippen LogP) is 3.54. The highest BCUT2D eigenvalue weighted by Crippen LogP contribution is 2.38. The van der Waals surface area contributed by atoms with Crippen molar-refractivity contribution in [3.63, 3.8) is 0 Å². The van der Waals surface area contributed by atoms with Crippen molar-refractivity contribution in [3.8, 4) is 17.2 Å². The molecule has 0 aliphatic heterocycles. The summed E-state index contributed by atoms with van der Waals surface area (Å²) in [5.74, 6) is 0.927. The van der Waals surface area contributed by atoms with Gasteiger partial charge in [0.05, 0.1) is 27.9 Å². The first-order valence-electron chi connectivity index (χ1n) is 9.69. The summed E-state index contributed by atoms with van der Waals surface area (Å²) in [4.78, 5) is 26.3. The second kappa shape index (κ2) is 11.9. The third kappa shape index (κ3) is 6.93. The van der Waals surface area contributed by atoms with Gasteiger partial charge in [0, 0.05) is 24.2 Å². The summed E-state index contributed by atoms with van der Waals surface area (Å²) < 4.78 is 15.9. The number of nitrogens with zero attached hydrogens (tertiary/aromatic N) is 1. The van der Waals surface area contributed by atoms with Gasteiger partial charge in [-0.2, -0.15) is 0 Å². The highest BCUT2D eigenvalue weighted by Gasteiger charge is 2.15. The Balaban J connectivity index is 2.01. The lowest BCUT2D eigenvalue weighted by molar-refractivity contribution is -0.132. The molecular formula is C23H27ClN2O5. The zero-order valence-electron chi connectivity index (χ0n) is 18.1. The normalized spacial score (nSPS) is 10.6. The summed E-state index contributed by atoms with van der Waals surface area (Å²) in [6.07, 6.45) is 3.05. The molecule has 31 heavy (non-hydrogen) atoms. The standard InChI is InChI=1S/C23H27ClN2O5/c1-5-26(15-21(27)25-14-16-6-9-18(24)10-7-16)22(28)11-8-17-12-19(29-2)23(31-4)20(13-17)30-3/h6-13H,5,14-15H2,1-4H3,(H,25,27)/b11-8+. The van der Waals surface area contributed by atoms with Gasteiger partial charge in [-0.3, -0.25) is 9.59 Å². The van der Waals surface area contributed by atoms with Gasteiger partial charge >= 0.3 is 0 Å². The van der Waals surface area contributed by atoms with Crippen LogP contribution in [0.15, 0.2) is 42.5 Å². The first-order chi connectivity index (χ1) is 14.9. The van der Waals surface area contributed by atoms with Crippen LogP contribution < -0.4 is 19.5 Å². The lowest BCUT2D eigenvalue weighted by Crippen LogP contribution is -2.39. The molecule has 0 aliphatic carbocycles. The van der Waals surface area contributed by atoms with E-state index in [-0.39, 0.29) is 18.4 Å². The molecule has 0 fully saturated rings. The minimum Gasteiger partial charge on any atom is -0.493 e. The molecule has 8 heteroatoms. The molecule has 0 saturated heterocycles. The molecule has 0 radical (unpaired) electrons. The van der Waals surface area contributed by atoms with E-state index in [1.807, 2.05) is 19.1 Å². The van der Waals surface area contributed by atoms with Crippen LogP contribution in [0, 0.1) is 0 Å². The Bertz CT molecular complexity index is 903. The fourth-order valence-electron chi connectivity index (χ4n) is 2.85. The van der Waals surface area contributed by atoms with Crippen LogP contribution in [0.3, 0.4) is 0 Å². The van der Waals surface area contributed by atoms with E-state index < -0.39 is 0 Å². The topological polar surface area (TPSA) is 77.1 Å². The van der Waals surface area contributed by atoms with Gasteiger partial charge in [-0.1, -0.05) is 23.7 Å². The molecule has 2 amide bonds. The molecule has 0 aromatic heterocycles. The molecule has 2 rings (SSSR count). The van der Waals surface area contributed by atoms with Crippen LogP contribution in [-0.2, 0) is 16.1 Å². The van der Waals surface area contributed by atoms with E-state index >= 15 is 0 Å². The number of nitrogens with one attached hydrogen (secondary N) is 1. The monoisotopic (exact) mass is 446 g/mol. The zero-order chi connectivity index (χ0) is 22.8. The van der Waals surface area contributed by atoms with E-state index in [0.29, 0.717) is 40.9 Å². The minimum atomic E-state index is -0.280. The number of rotatable bonds is 10. The summed E-state index contributed by atoms with van der Waals surface area (Å²) in [5, 5.41) is 3.44. The maximum atomic E-state index is 12.6. The Morgan fingerprint density at radius 2 is 1.65 bits per heavy atom. The SMILES string of the molecule is CCN(CC(=O)NCc1ccc(Cl)cc1)C(=O)/C=C/c1cc(OC)c(OC)c(OC)c1. The van der Waals surface area contributed by atoms with Crippen LogP contribution in [0.4, 0.5) is 0 Å². The summed E-state index contributed by atoms with van der Waals surface area (Å²) in [5.41, 5.74) is 1.63. The molecule has 0 aliphatic rings. The van der Waals surface area contributed by atoms with Crippen molar-refractivity contribution in [1.29, 1.82) is 0 Å². The summed E-state index contributed by atoms with van der Waals surface area (Å²) in [7, 11) is 4.57. The fraction of sp³-hybridized carbons (Fsp3) is 0.304. The molecule has 1 N–H and O–H groups in total. The fourth-order valence-corrected chi connectivity index (χ4v) is 2.97. The van der Waals surface area contributed by atoms with Gasteiger partial charge < -0.3 is 24.4 Å². The van der Waals surface area contributed by atoms with Crippen molar-refractivity contribution >= 4 is 29.5 Å². The minimum absolute atomic E-state index is 0.0392. The van der Waals surface area contributed by atoms with E-state index in [1.165, 1.54) is 32.3 Å². The molecule has 0 spiro atoms. The second-order valence-corrected chi connectivity index (χ2v) is 6.98. The number of amides is 2. The first kappa shape index (κ1) is 24.1. The Labute approximate surface area is 187 Å². The van der Waals surface area contributed by atoms with Crippen molar-refractivity contribution < 1.29 is 23.8 Å². The second-order valence-electron chi connectivity index (χ2n) is 6.55. The number of carbonyl (C=O) groups excluding carboxylic acids is 2. The third-order valence-electron chi connectivity index (χ3n) is 4.54. The number of halogens is 1. The highest BCUT2D eigenvalue weighted by atomic mass is 35.5. The van der Waals surface area contributed by atoms with Crippen molar-refractivity contribution in [2.45, 2.75) is 13.5 Å². The van der Waals surface area contributed by atoms with Crippen LogP contribution >= 0.6 is 11.6 Å². The Kier molecular flexibility index (Phi) is 9.21. The van der Waals surface area contributed by atoms with Crippen LogP contribution in [0.1, 0.15) is 18.1 Å². The maximum absolute atomic E-state index is 12.6. The number of methoxy groups -OCH3 is 3. The van der Waals surface area contributed by atoms with Crippen LogP contribution in [0.5, 0.6) is 17.2 Å². The van der Waals surface area contributed by atoms with E-state index in [4.69, 9.17) is 25.8 Å². The van der Waals surface area contributed by atoms with E-state index in [2.05, 4.69) is 5.32 Å². The number of benzene rings is 2. The predicted molar refractivity (Wildman–Crippen MR) is 121 cm³/mol. The number of hydrogen-bond acceptors (Lipinski definition) is 5. The molecule has 0 heterocycles. The molecule has 166 valence electrons. The lowest BCUT2D eigenvalue weighted by atomic mass is 10.1. The largest absolute Gasteiger partial charge is 0.493 e. The van der Waals surface area contributed by atoms with Crippen molar-refractivity contribution in [3.05, 3.63) is 58.6 Å². The molecule has 7 nitrogen and oxygen atoms in total. The van der Waals surface area contributed by atoms with E-state index in [1.54, 1.807) is 30.3 Å². The van der Waals surface area contributed by atoms with E-state index in [0.717, 1.165) is 5.56 Å². The summed E-state index contributed by atoms with van der Waals surface area (Å²) in [6, 6.07) is 10.7. The Morgan fingerprint density at radius 1 is 1.03 bits per heavy atom. The molecule has 2 aromatic carbocycles. The van der Waals surface area contributed by atoms with Crippen molar-refractivity contribution in [2.24, 2.45) is 0 Å².